The second-order valence-electron chi connectivity index (χ2n) is 8.68. The van der Waals surface area contributed by atoms with Crippen LogP contribution < -0.4 is 16.4 Å². The lowest BCUT2D eigenvalue weighted by Crippen LogP contribution is -2.47. The van der Waals surface area contributed by atoms with Gasteiger partial charge >= 0.3 is 0 Å². The van der Waals surface area contributed by atoms with Crippen molar-refractivity contribution in [1.82, 2.24) is 39.9 Å². The largest absolute Gasteiger partial charge is 0.357 e. The molecular weight excluding hydrogens is 518 g/mol. The number of hydrogen-bond acceptors (Lipinski definition) is 8. The molecule has 3 atom stereocenters. The molecule has 192 valence electrons. The van der Waals surface area contributed by atoms with Gasteiger partial charge in [-0.1, -0.05) is 11.6 Å². The van der Waals surface area contributed by atoms with Crippen molar-refractivity contribution in [3.05, 3.63) is 69.5 Å². The molecule has 14 heteroatoms. The first-order valence-electron chi connectivity index (χ1n) is 11.5. The monoisotopic (exact) mass is 541 g/mol. The van der Waals surface area contributed by atoms with Gasteiger partial charge < -0.3 is 30.7 Å². The van der Waals surface area contributed by atoms with Gasteiger partial charge in [-0.15, -0.1) is 11.3 Å². The molecule has 0 radical (unpaired) electrons. The first kappa shape index (κ1) is 24.9. The Labute approximate surface area is 220 Å². The predicted molar refractivity (Wildman–Crippen MR) is 136 cm³/mol. The highest BCUT2D eigenvalue weighted by Crippen LogP contribution is 2.34. The summed E-state index contributed by atoms with van der Waals surface area (Å²) in [6.45, 7) is 0.335. The number of nitrogens with zero attached hydrogens (tertiary/aromatic N) is 5. The normalized spacial score (nSPS) is 18.2. The van der Waals surface area contributed by atoms with Crippen LogP contribution in [0, 0.1) is 0 Å². The van der Waals surface area contributed by atoms with E-state index >= 15 is 0 Å². The Bertz CT molecular complexity index is 1450. The van der Waals surface area contributed by atoms with Crippen LogP contribution in [-0.4, -0.2) is 72.6 Å². The van der Waals surface area contributed by atoms with Crippen LogP contribution in [0.3, 0.4) is 0 Å². The molecular formula is C23H24ClN9O3S. The highest BCUT2D eigenvalue weighted by Gasteiger charge is 2.38. The number of amides is 3. The molecule has 1 fully saturated rings. The van der Waals surface area contributed by atoms with Crippen LogP contribution in [0.2, 0.25) is 5.02 Å². The zero-order chi connectivity index (χ0) is 26.1. The van der Waals surface area contributed by atoms with Gasteiger partial charge in [0.2, 0.25) is 5.91 Å². The topological polar surface area (TPSA) is 163 Å². The minimum Gasteiger partial charge on any atom is -0.357 e. The van der Waals surface area contributed by atoms with Crippen LogP contribution in [-0.2, 0) is 11.2 Å². The van der Waals surface area contributed by atoms with E-state index in [4.69, 9.17) is 17.3 Å². The standard InChI is InChI=1S/C23H24ClN9O3S/c1-26-20(34)15(5-14-6-27-11-28-14)30-21(35)17-10-37-22(31-17)18-4-13(25)8-33(18)23(36)16-9-32-7-12(24)2-3-19(32)29-16/h2-3,6-7,9-11,13,15,18H,4-5,8,25H2,1H3,(H,26,34)(H,27,28)(H,30,35)/t13-,15?,18+/m1/s1. The summed E-state index contributed by atoms with van der Waals surface area (Å²) in [6, 6.07) is 1.97. The number of nitrogens with one attached hydrogen (secondary N) is 3. The van der Waals surface area contributed by atoms with E-state index in [1.807, 2.05) is 0 Å². The molecule has 0 aliphatic carbocycles. The van der Waals surface area contributed by atoms with Crippen LogP contribution in [0.15, 0.2) is 42.4 Å². The second-order valence-corrected chi connectivity index (χ2v) is 10.0. The maximum atomic E-state index is 13.4. The molecule has 5 rings (SSSR count). The molecule has 1 unspecified atom stereocenters. The quantitative estimate of drug-likeness (QED) is 0.273. The molecule has 4 aromatic rings. The minimum atomic E-state index is -0.826. The van der Waals surface area contributed by atoms with Crippen LogP contribution in [0.1, 0.15) is 44.1 Å². The maximum absolute atomic E-state index is 13.4. The number of rotatable bonds is 7. The van der Waals surface area contributed by atoms with E-state index in [9.17, 15) is 14.4 Å². The van der Waals surface area contributed by atoms with E-state index in [-0.39, 0.29) is 35.7 Å². The minimum absolute atomic E-state index is 0.158. The van der Waals surface area contributed by atoms with Gasteiger partial charge in [-0.2, -0.15) is 0 Å². The molecule has 0 spiro atoms. The van der Waals surface area contributed by atoms with Gasteiger partial charge in [0.05, 0.1) is 23.1 Å². The molecule has 12 nitrogen and oxygen atoms in total. The van der Waals surface area contributed by atoms with Crippen LogP contribution in [0.4, 0.5) is 0 Å². The van der Waals surface area contributed by atoms with Gasteiger partial charge in [0.25, 0.3) is 11.8 Å². The molecule has 1 aliphatic heterocycles. The van der Waals surface area contributed by atoms with Crippen molar-refractivity contribution >= 4 is 46.3 Å². The Morgan fingerprint density at radius 2 is 2.11 bits per heavy atom. The Kier molecular flexibility index (Phi) is 6.91. The molecule has 1 aliphatic rings. The summed E-state index contributed by atoms with van der Waals surface area (Å²) in [6.07, 6.45) is 7.19. The zero-order valence-electron chi connectivity index (χ0n) is 19.7. The number of fused-ring (bicyclic) bond motifs is 1. The third kappa shape index (κ3) is 5.19. The van der Waals surface area contributed by atoms with Crippen molar-refractivity contribution in [1.29, 1.82) is 0 Å². The van der Waals surface area contributed by atoms with Crippen molar-refractivity contribution in [3.8, 4) is 0 Å². The van der Waals surface area contributed by atoms with Crippen molar-refractivity contribution in [2.45, 2.75) is 31.0 Å². The van der Waals surface area contributed by atoms with E-state index in [0.29, 0.717) is 34.3 Å². The molecule has 5 heterocycles. The number of likely N-dealkylation sites (tertiary alicyclic amines) is 1. The number of pyridine rings is 1. The predicted octanol–water partition coefficient (Wildman–Crippen LogP) is 1.17. The summed E-state index contributed by atoms with van der Waals surface area (Å²) >= 11 is 7.31. The number of carbonyl (C=O) groups excluding carboxylic acids is 3. The number of halogens is 1. The van der Waals surface area contributed by atoms with Gasteiger partial charge in [0, 0.05) is 50.0 Å². The van der Waals surface area contributed by atoms with Gasteiger partial charge in [-0.3, -0.25) is 14.4 Å². The molecule has 3 amide bonds. The fraction of sp³-hybridized carbons (Fsp3) is 0.304. The number of carbonyl (C=O) groups is 3. The maximum Gasteiger partial charge on any atom is 0.274 e. The number of aromatic amines is 1. The fourth-order valence-electron chi connectivity index (χ4n) is 4.31. The molecule has 0 bridgehead atoms. The summed E-state index contributed by atoms with van der Waals surface area (Å²) < 4.78 is 1.69. The van der Waals surface area contributed by atoms with Crippen LogP contribution in [0.5, 0.6) is 0 Å². The summed E-state index contributed by atoms with van der Waals surface area (Å²) in [4.78, 5) is 56.2. The van der Waals surface area contributed by atoms with Crippen molar-refractivity contribution in [2.75, 3.05) is 13.6 Å². The van der Waals surface area contributed by atoms with Gasteiger partial charge in [-0.05, 0) is 18.6 Å². The Balaban J connectivity index is 1.33. The molecule has 1 saturated heterocycles. The lowest BCUT2D eigenvalue weighted by Gasteiger charge is -2.22. The molecule has 37 heavy (non-hydrogen) atoms. The van der Waals surface area contributed by atoms with E-state index in [1.165, 1.54) is 24.7 Å². The third-order valence-corrected chi connectivity index (χ3v) is 7.27. The van der Waals surface area contributed by atoms with Crippen LogP contribution in [0.25, 0.3) is 5.65 Å². The summed E-state index contributed by atoms with van der Waals surface area (Å²) in [5.74, 6) is -1.12. The molecule has 0 saturated carbocycles. The van der Waals surface area contributed by atoms with E-state index in [0.717, 1.165) is 0 Å². The lowest BCUT2D eigenvalue weighted by molar-refractivity contribution is -0.122. The lowest BCUT2D eigenvalue weighted by atomic mass is 10.1. The number of H-pyrrole nitrogens is 1. The van der Waals surface area contributed by atoms with Crippen LogP contribution >= 0.6 is 22.9 Å². The van der Waals surface area contributed by atoms with Gasteiger partial charge in [-0.25, -0.2) is 15.0 Å². The molecule has 5 N–H and O–H groups in total. The average Bonchev–Trinajstić information content (AvgIpc) is 3.68. The highest BCUT2D eigenvalue weighted by molar-refractivity contribution is 7.09. The van der Waals surface area contributed by atoms with E-state index < -0.39 is 18.0 Å². The van der Waals surface area contributed by atoms with Crippen molar-refractivity contribution in [2.24, 2.45) is 5.73 Å². The van der Waals surface area contributed by atoms with Gasteiger partial charge in [0.1, 0.15) is 28.1 Å². The fourth-order valence-corrected chi connectivity index (χ4v) is 5.41. The average molecular weight is 542 g/mol. The third-order valence-electron chi connectivity index (χ3n) is 6.10. The Morgan fingerprint density at radius 3 is 2.86 bits per heavy atom. The van der Waals surface area contributed by atoms with Crippen molar-refractivity contribution < 1.29 is 14.4 Å². The SMILES string of the molecule is CNC(=O)C(Cc1c[nH]cn1)NC(=O)c1csc([C@@H]2C[C@@H](N)CN2C(=O)c2cn3cc(Cl)ccc3n2)n1. The second kappa shape index (κ2) is 10.3. The molecule has 4 aromatic heterocycles. The van der Waals surface area contributed by atoms with E-state index in [1.54, 1.807) is 45.4 Å². The number of imidazole rings is 2. The molecule has 0 aromatic carbocycles. The number of aromatic nitrogens is 5. The first-order valence-corrected chi connectivity index (χ1v) is 12.7. The smallest absolute Gasteiger partial charge is 0.274 e. The first-order chi connectivity index (χ1) is 17.8. The number of thiazole rings is 1. The number of nitrogens with two attached hydrogens (primary N) is 1. The Morgan fingerprint density at radius 1 is 1.27 bits per heavy atom. The highest BCUT2D eigenvalue weighted by atomic mass is 35.5. The number of likely N-dealkylation sites (N-methyl/N-ethyl adjacent to an activating group) is 1. The van der Waals surface area contributed by atoms with E-state index in [2.05, 4.69) is 30.6 Å². The van der Waals surface area contributed by atoms with Gasteiger partial charge in [0.15, 0.2) is 0 Å². The Hall–Kier alpha value is -3.81. The number of hydrogen-bond donors (Lipinski definition) is 4. The van der Waals surface area contributed by atoms with Crippen molar-refractivity contribution in [3.63, 3.8) is 0 Å². The summed E-state index contributed by atoms with van der Waals surface area (Å²) in [7, 11) is 1.50. The summed E-state index contributed by atoms with van der Waals surface area (Å²) in [5, 5.41) is 8.00. The zero-order valence-corrected chi connectivity index (χ0v) is 21.3. The summed E-state index contributed by atoms with van der Waals surface area (Å²) in [5.41, 5.74) is 7.88.